The molecule has 1 aliphatic heterocycles. The first-order chi connectivity index (χ1) is 13.1. The van der Waals surface area contributed by atoms with E-state index >= 15 is 0 Å². The van der Waals surface area contributed by atoms with Gasteiger partial charge in [-0.15, -0.1) is 10.2 Å². The summed E-state index contributed by atoms with van der Waals surface area (Å²) in [5, 5.41) is 27.6. The Hall–Kier alpha value is -2.40. The van der Waals surface area contributed by atoms with E-state index in [1.165, 1.54) is 6.92 Å². The summed E-state index contributed by atoms with van der Waals surface area (Å²) in [5.41, 5.74) is 2.67. The Morgan fingerprint density at radius 2 is 2.04 bits per heavy atom. The van der Waals surface area contributed by atoms with Gasteiger partial charge in [-0.2, -0.15) is 13.2 Å². The van der Waals surface area contributed by atoms with Gasteiger partial charge in [0.15, 0.2) is 5.69 Å². The molecule has 0 spiro atoms. The minimum absolute atomic E-state index is 0.0728. The average Bonchev–Trinajstić information content (AvgIpc) is 3.10. The maximum Gasteiger partial charge on any atom is 0.421 e. The standard InChI is InChI=1S/C17H21F3N4O4/c1-16(26)6-4-2-3-5-9(8-25)27-13-10(17(18,19)20)7-11(21)12(22-13)14-23-24-15(16)28-14/h7,9,25-26H,2-6,8,21H2,1H3/t9-,16+/m0/s1. The van der Waals surface area contributed by atoms with Crippen molar-refractivity contribution in [3.63, 3.8) is 0 Å². The van der Waals surface area contributed by atoms with Crippen molar-refractivity contribution in [2.24, 2.45) is 0 Å². The molecule has 0 fully saturated rings. The van der Waals surface area contributed by atoms with E-state index in [9.17, 15) is 23.4 Å². The van der Waals surface area contributed by atoms with E-state index in [-0.39, 0.29) is 23.2 Å². The van der Waals surface area contributed by atoms with Crippen molar-refractivity contribution in [2.75, 3.05) is 12.3 Å². The van der Waals surface area contributed by atoms with Crippen LogP contribution in [0.4, 0.5) is 18.9 Å². The Kier molecular flexibility index (Phi) is 5.48. The van der Waals surface area contributed by atoms with E-state index in [4.69, 9.17) is 14.9 Å². The molecule has 0 radical (unpaired) electrons. The summed E-state index contributed by atoms with van der Waals surface area (Å²) in [6, 6.07) is 0.681. The zero-order valence-corrected chi connectivity index (χ0v) is 15.2. The molecular formula is C17H21F3N4O4. The number of ether oxygens (including phenoxy) is 1. The van der Waals surface area contributed by atoms with E-state index in [0.717, 1.165) is 0 Å². The molecule has 3 rings (SSSR count). The van der Waals surface area contributed by atoms with Crippen LogP contribution in [0.1, 0.15) is 50.5 Å². The molecule has 0 saturated carbocycles. The van der Waals surface area contributed by atoms with E-state index in [1.54, 1.807) is 0 Å². The highest BCUT2D eigenvalue weighted by Gasteiger charge is 2.38. The third-order valence-corrected chi connectivity index (χ3v) is 4.58. The Labute approximate surface area is 158 Å². The van der Waals surface area contributed by atoms with Gasteiger partial charge in [-0.25, -0.2) is 4.98 Å². The van der Waals surface area contributed by atoms with E-state index in [1.807, 2.05) is 0 Å². The molecule has 0 aromatic carbocycles. The SMILES string of the molecule is C[C@@]1(O)CCCCC[C@@H](CO)Oc2nc(c(N)cc2C(F)(F)F)-c2nnc1o2. The minimum atomic E-state index is -4.76. The van der Waals surface area contributed by atoms with Crippen molar-refractivity contribution in [2.45, 2.75) is 56.9 Å². The molecular weight excluding hydrogens is 381 g/mol. The number of rotatable bonds is 1. The molecule has 3 heterocycles. The number of nitrogens with two attached hydrogens (primary N) is 1. The zero-order valence-electron chi connectivity index (χ0n) is 15.2. The fourth-order valence-electron chi connectivity index (χ4n) is 2.98. The van der Waals surface area contributed by atoms with Crippen LogP contribution in [0.5, 0.6) is 5.88 Å². The van der Waals surface area contributed by atoms with Crippen LogP contribution in [0.3, 0.4) is 0 Å². The van der Waals surface area contributed by atoms with Gasteiger partial charge in [0.05, 0.1) is 12.3 Å². The number of nitrogen functional groups attached to an aromatic ring is 1. The minimum Gasteiger partial charge on any atom is -0.471 e. The third-order valence-electron chi connectivity index (χ3n) is 4.58. The lowest BCUT2D eigenvalue weighted by molar-refractivity contribution is -0.139. The second kappa shape index (κ2) is 7.55. The van der Waals surface area contributed by atoms with Crippen LogP contribution in [0.2, 0.25) is 0 Å². The van der Waals surface area contributed by atoms with Gasteiger partial charge in [-0.1, -0.05) is 12.8 Å². The van der Waals surface area contributed by atoms with Crippen LogP contribution in [-0.2, 0) is 11.8 Å². The smallest absolute Gasteiger partial charge is 0.421 e. The number of aromatic nitrogens is 3. The van der Waals surface area contributed by atoms with Crippen LogP contribution in [0.25, 0.3) is 11.6 Å². The van der Waals surface area contributed by atoms with E-state index in [2.05, 4.69) is 15.2 Å². The highest BCUT2D eigenvalue weighted by atomic mass is 19.4. The Bertz CT molecular complexity index is 838. The molecule has 8 nitrogen and oxygen atoms in total. The van der Waals surface area contributed by atoms with Gasteiger partial charge < -0.3 is 25.1 Å². The van der Waals surface area contributed by atoms with Gasteiger partial charge in [0.2, 0.25) is 11.8 Å². The normalized spacial score (nSPS) is 23.7. The molecule has 2 aromatic rings. The van der Waals surface area contributed by atoms with Crippen LogP contribution in [0.15, 0.2) is 10.5 Å². The highest BCUT2D eigenvalue weighted by molar-refractivity contribution is 5.68. The van der Waals surface area contributed by atoms with Gasteiger partial charge in [-0.3, -0.25) is 0 Å². The van der Waals surface area contributed by atoms with Gasteiger partial charge in [-0.05, 0) is 32.3 Å². The maximum atomic E-state index is 13.4. The Morgan fingerprint density at radius 1 is 1.29 bits per heavy atom. The molecule has 0 unspecified atom stereocenters. The predicted molar refractivity (Wildman–Crippen MR) is 91.1 cm³/mol. The number of nitrogens with zero attached hydrogens (tertiary/aromatic N) is 3. The fraction of sp³-hybridized carbons (Fsp3) is 0.588. The van der Waals surface area contributed by atoms with Gasteiger partial charge in [0, 0.05) is 0 Å². The first-order valence-electron chi connectivity index (χ1n) is 8.84. The largest absolute Gasteiger partial charge is 0.471 e. The Balaban J connectivity index is 2.13. The van der Waals surface area contributed by atoms with Crippen molar-refractivity contribution < 1.29 is 32.5 Å². The maximum absolute atomic E-state index is 13.4. The predicted octanol–water partition coefficient (Wildman–Crippen LogP) is 2.64. The van der Waals surface area contributed by atoms with Crippen molar-refractivity contribution in [1.29, 1.82) is 0 Å². The second-order valence-corrected chi connectivity index (χ2v) is 6.98. The van der Waals surface area contributed by atoms with Gasteiger partial charge in [0.25, 0.3) is 5.89 Å². The van der Waals surface area contributed by atoms with E-state index < -0.39 is 35.9 Å². The average molecular weight is 402 g/mol. The summed E-state index contributed by atoms with van der Waals surface area (Å²) in [5.74, 6) is -1.03. The number of alkyl halides is 3. The number of aliphatic hydroxyl groups is 2. The molecule has 2 atom stereocenters. The number of halogens is 3. The van der Waals surface area contributed by atoms with Crippen LogP contribution in [-0.4, -0.2) is 38.1 Å². The summed E-state index contributed by atoms with van der Waals surface area (Å²) in [6.07, 6.45) is -3.09. The first kappa shape index (κ1) is 20.3. The summed E-state index contributed by atoms with van der Waals surface area (Å²) in [4.78, 5) is 3.86. The molecule has 2 aromatic heterocycles. The lowest BCUT2D eigenvalue weighted by Gasteiger charge is -2.21. The molecule has 0 aliphatic carbocycles. The lowest BCUT2D eigenvalue weighted by atomic mass is 9.97. The van der Waals surface area contributed by atoms with Crippen LogP contribution >= 0.6 is 0 Å². The fourth-order valence-corrected chi connectivity index (χ4v) is 2.98. The van der Waals surface area contributed by atoms with Gasteiger partial charge >= 0.3 is 6.18 Å². The van der Waals surface area contributed by atoms with Crippen molar-refractivity contribution in [3.05, 3.63) is 17.5 Å². The third kappa shape index (κ3) is 4.20. The van der Waals surface area contributed by atoms with Crippen LogP contribution in [0, 0.1) is 0 Å². The van der Waals surface area contributed by atoms with Crippen LogP contribution < -0.4 is 10.5 Å². The second-order valence-electron chi connectivity index (χ2n) is 6.98. The number of fused-ring (bicyclic) bond motifs is 5. The summed E-state index contributed by atoms with van der Waals surface area (Å²) in [7, 11) is 0. The molecule has 1 aliphatic rings. The molecule has 154 valence electrons. The number of anilines is 1. The summed E-state index contributed by atoms with van der Waals surface area (Å²) in [6.45, 7) is 1.05. The zero-order chi connectivity index (χ0) is 20.5. The summed E-state index contributed by atoms with van der Waals surface area (Å²) >= 11 is 0. The number of hydrogen-bond acceptors (Lipinski definition) is 8. The lowest BCUT2D eigenvalue weighted by Crippen LogP contribution is -2.24. The summed E-state index contributed by atoms with van der Waals surface area (Å²) < 4.78 is 51.1. The number of pyridine rings is 1. The quantitative estimate of drug-likeness (QED) is 0.664. The van der Waals surface area contributed by atoms with Crippen molar-refractivity contribution in [1.82, 2.24) is 15.2 Å². The van der Waals surface area contributed by atoms with E-state index in [0.29, 0.717) is 38.2 Å². The molecule has 4 bridgehead atoms. The van der Waals surface area contributed by atoms with Crippen molar-refractivity contribution in [3.8, 4) is 17.5 Å². The Morgan fingerprint density at radius 3 is 2.71 bits per heavy atom. The molecule has 0 saturated heterocycles. The number of hydrogen-bond donors (Lipinski definition) is 3. The molecule has 11 heteroatoms. The van der Waals surface area contributed by atoms with Gasteiger partial charge in [0.1, 0.15) is 17.3 Å². The number of aliphatic hydroxyl groups excluding tert-OH is 1. The molecule has 0 amide bonds. The molecule has 4 N–H and O–H groups in total. The monoisotopic (exact) mass is 402 g/mol. The molecule has 28 heavy (non-hydrogen) atoms. The first-order valence-corrected chi connectivity index (χ1v) is 8.84. The topological polar surface area (TPSA) is 128 Å². The van der Waals surface area contributed by atoms with Crippen molar-refractivity contribution >= 4 is 5.69 Å². The highest BCUT2D eigenvalue weighted by Crippen LogP contribution is 2.40.